The highest BCUT2D eigenvalue weighted by Crippen LogP contribution is 2.32. The van der Waals surface area contributed by atoms with E-state index in [1.165, 1.54) is 10.5 Å². The van der Waals surface area contributed by atoms with Crippen LogP contribution in [0.5, 0.6) is 0 Å². The summed E-state index contributed by atoms with van der Waals surface area (Å²) in [6, 6.07) is 8.66. The summed E-state index contributed by atoms with van der Waals surface area (Å²) in [4.78, 5) is 5.64. The molecule has 4 heteroatoms. The Kier molecular flexibility index (Phi) is 4.59. The van der Waals surface area contributed by atoms with Crippen LogP contribution in [0.1, 0.15) is 13.3 Å². The standard InChI is InChI=1S/C13H16N2S2/c1-2-10(14)9-17-12-6-4-3-5-11(12)13-15-7-8-16-13/h3-8,10H,2,9,14H2,1H3. The third-order valence-corrected chi connectivity index (χ3v) is 4.60. The Morgan fingerprint density at radius 3 is 2.94 bits per heavy atom. The maximum absolute atomic E-state index is 5.96. The van der Waals surface area contributed by atoms with Gasteiger partial charge in [0.15, 0.2) is 0 Å². The minimum Gasteiger partial charge on any atom is -0.327 e. The number of aromatic nitrogens is 1. The van der Waals surface area contributed by atoms with Gasteiger partial charge in [-0.1, -0.05) is 25.1 Å². The monoisotopic (exact) mass is 264 g/mol. The fraction of sp³-hybridized carbons (Fsp3) is 0.308. The molecule has 17 heavy (non-hydrogen) atoms. The van der Waals surface area contributed by atoms with Gasteiger partial charge >= 0.3 is 0 Å². The second-order valence-electron chi connectivity index (χ2n) is 3.81. The zero-order valence-electron chi connectivity index (χ0n) is 9.80. The first-order valence-corrected chi connectivity index (χ1v) is 7.55. The molecule has 2 aromatic rings. The molecule has 0 amide bonds. The first-order chi connectivity index (χ1) is 8.31. The van der Waals surface area contributed by atoms with E-state index in [0.29, 0.717) is 0 Å². The highest BCUT2D eigenvalue weighted by atomic mass is 32.2. The Bertz CT molecular complexity index is 454. The van der Waals surface area contributed by atoms with Gasteiger partial charge in [0.25, 0.3) is 0 Å². The minimum absolute atomic E-state index is 0.268. The van der Waals surface area contributed by atoms with Crippen LogP contribution in [-0.4, -0.2) is 16.8 Å². The molecular weight excluding hydrogens is 248 g/mol. The zero-order valence-corrected chi connectivity index (χ0v) is 11.4. The van der Waals surface area contributed by atoms with Crippen LogP contribution in [0.15, 0.2) is 40.7 Å². The number of thioether (sulfide) groups is 1. The molecule has 2 nitrogen and oxygen atoms in total. The van der Waals surface area contributed by atoms with Crippen LogP contribution in [0, 0.1) is 0 Å². The minimum atomic E-state index is 0.268. The second kappa shape index (κ2) is 6.19. The van der Waals surface area contributed by atoms with Crippen LogP contribution in [0.25, 0.3) is 10.6 Å². The van der Waals surface area contributed by atoms with Crippen molar-refractivity contribution in [2.24, 2.45) is 5.73 Å². The van der Waals surface area contributed by atoms with Gasteiger partial charge in [0.05, 0.1) is 0 Å². The normalized spacial score (nSPS) is 12.6. The first kappa shape index (κ1) is 12.6. The van der Waals surface area contributed by atoms with E-state index in [2.05, 4.69) is 36.2 Å². The maximum Gasteiger partial charge on any atom is 0.124 e. The molecular formula is C13H16N2S2. The molecule has 1 unspecified atom stereocenters. The van der Waals surface area contributed by atoms with Crippen LogP contribution in [0.3, 0.4) is 0 Å². The third-order valence-electron chi connectivity index (χ3n) is 2.53. The fourth-order valence-corrected chi connectivity index (χ4v) is 3.31. The smallest absolute Gasteiger partial charge is 0.124 e. The quantitative estimate of drug-likeness (QED) is 0.838. The molecule has 2 rings (SSSR count). The molecule has 1 heterocycles. The summed E-state index contributed by atoms with van der Waals surface area (Å²) in [5.74, 6) is 0.957. The lowest BCUT2D eigenvalue weighted by molar-refractivity contribution is 0.725. The van der Waals surface area contributed by atoms with Crippen LogP contribution in [0.4, 0.5) is 0 Å². The maximum atomic E-state index is 5.96. The van der Waals surface area contributed by atoms with Gasteiger partial charge in [-0.25, -0.2) is 4.98 Å². The van der Waals surface area contributed by atoms with Crippen molar-refractivity contribution in [3.05, 3.63) is 35.8 Å². The molecule has 0 aliphatic heterocycles. The van der Waals surface area contributed by atoms with E-state index in [4.69, 9.17) is 5.73 Å². The first-order valence-electron chi connectivity index (χ1n) is 5.68. The number of rotatable bonds is 5. The number of hydrogen-bond donors (Lipinski definition) is 1. The number of benzene rings is 1. The Morgan fingerprint density at radius 1 is 1.41 bits per heavy atom. The summed E-state index contributed by atoms with van der Waals surface area (Å²) in [5, 5.41) is 3.09. The van der Waals surface area contributed by atoms with Crippen molar-refractivity contribution in [3.63, 3.8) is 0 Å². The predicted molar refractivity (Wildman–Crippen MR) is 76.5 cm³/mol. The van der Waals surface area contributed by atoms with Crippen molar-refractivity contribution >= 4 is 23.1 Å². The fourth-order valence-electron chi connectivity index (χ4n) is 1.44. The molecule has 0 aliphatic rings. The van der Waals surface area contributed by atoms with Gasteiger partial charge < -0.3 is 5.73 Å². The molecule has 0 saturated carbocycles. The Hall–Kier alpha value is -0.840. The third kappa shape index (κ3) is 3.31. The summed E-state index contributed by atoms with van der Waals surface area (Å²) < 4.78 is 0. The summed E-state index contributed by atoms with van der Waals surface area (Å²) in [6.07, 6.45) is 2.87. The molecule has 0 aliphatic carbocycles. The highest BCUT2D eigenvalue weighted by Gasteiger charge is 2.08. The Balaban J connectivity index is 2.17. The average Bonchev–Trinajstić information content (AvgIpc) is 2.90. The van der Waals surface area contributed by atoms with E-state index >= 15 is 0 Å². The van der Waals surface area contributed by atoms with E-state index in [-0.39, 0.29) is 6.04 Å². The van der Waals surface area contributed by atoms with Crippen LogP contribution in [-0.2, 0) is 0 Å². The predicted octanol–water partition coefficient (Wildman–Crippen LogP) is 3.64. The van der Waals surface area contributed by atoms with Crippen molar-refractivity contribution in [2.75, 3.05) is 5.75 Å². The van der Waals surface area contributed by atoms with Gasteiger partial charge in [0, 0.05) is 33.8 Å². The van der Waals surface area contributed by atoms with Crippen LogP contribution < -0.4 is 5.73 Å². The van der Waals surface area contributed by atoms with Gasteiger partial charge in [-0.3, -0.25) is 0 Å². The lowest BCUT2D eigenvalue weighted by atomic mass is 10.2. The molecule has 0 fully saturated rings. The second-order valence-corrected chi connectivity index (χ2v) is 5.77. The summed E-state index contributed by atoms with van der Waals surface area (Å²) in [7, 11) is 0. The van der Waals surface area contributed by atoms with Gasteiger partial charge in [0.2, 0.25) is 0 Å². The molecule has 1 aromatic carbocycles. The Morgan fingerprint density at radius 2 is 2.24 bits per heavy atom. The number of nitrogens with zero attached hydrogens (tertiary/aromatic N) is 1. The molecule has 0 saturated heterocycles. The van der Waals surface area contributed by atoms with E-state index in [1.807, 2.05) is 23.3 Å². The summed E-state index contributed by atoms with van der Waals surface area (Å²) >= 11 is 3.49. The van der Waals surface area contributed by atoms with E-state index < -0.39 is 0 Å². The molecule has 0 bridgehead atoms. The van der Waals surface area contributed by atoms with Gasteiger partial charge in [-0.2, -0.15) is 0 Å². The lowest BCUT2D eigenvalue weighted by Crippen LogP contribution is -2.21. The molecule has 0 spiro atoms. The van der Waals surface area contributed by atoms with Gasteiger partial charge in [-0.05, 0) is 12.5 Å². The van der Waals surface area contributed by atoms with Crippen LogP contribution >= 0.6 is 23.1 Å². The lowest BCUT2D eigenvalue weighted by Gasteiger charge is -2.10. The Labute approximate surface area is 110 Å². The molecule has 90 valence electrons. The number of nitrogens with two attached hydrogens (primary N) is 1. The number of hydrogen-bond acceptors (Lipinski definition) is 4. The van der Waals surface area contributed by atoms with Gasteiger partial charge in [-0.15, -0.1) is 23.1 Å². The van der Waals surface area contributed by atoms with E-state index in [1.54, 1.807) is 11.3 Å². The van der Waals surface area contributed by atoms with Crippen molar-refractivity contribution in [1.82, 2.24) is 4.98 Å². The van der Waals surface area contributed by atoms with Crippen molar-refractivity contribution < 1.29 is 0 Å². The largest absolute Gasteiger partial charge is 0.327 e. The molecule has 1 aromatic heterocycles. The summed E-state index contributed by atoms with van der Waals surface area (Å²) in [6.45, 7) is 2.12. The zero-order chi connectivity index (χ0) is 12.1. The highest BCUT2D eigenvalue weighted by molar-refractivity contribution is 7.99. The average molecular weight is 264 g/mol. The van der Waals surface area contributed by atoms with Crippen molar-refractivity contribution in [3.8, 4) is 10.6 Å². The van der Waals surface area contributed by atoms with E-state index in [0.717, 1.165) is 17.2 Å². The van der Waals surface area contributed by atoms with Crippen molar-refractivity contribution in [2.45, 2.75) is 24.3 Å². The molecule has 1 atom stereocenters. The number of thiazole rings is 1. The van der Waals surface area contributed by atoms with Crippen LogP contribution in [0.2, 0.25) is 0 Å². The van der Waals surface area contributed by atoms with Crippen molar-refractivity contribution in [1.29, 1.82) is 0 Å². The SMILES string of the molecule is CCC(N)CSc1ccccc1-c1nccs1. The molecule has 0 radical (unpaired) electrons. The van der Waals surface area contributed by atoms with Gasteiger partial charge in [0.1, 0.15) is 5.01 Å². The van der Waals surface area contributed by atoms with E-state index in [9.17, 15) is 0 Å². The molecule has 2 N–H and O–H groups in total. The summed E-state index contributed by atoms with van der Waals surface area (Å²) in [5.41, 5.74) is 7.17. The topological polar surface area (TPSA) is 38.9 Å².